The van der Waals surface area contributed by atoms with Gasteiger partial charge in [0.1, 0.15) is 24.3 Å². The Bertz CT molecular complexity index is 1010. The van der Waals surface area contributed by atoms with Gasteiger partial charge in [0.15, 0.2) is 0 Å². The summed E-state index contributed by atoms with van der Waals surface area (Å²) in [5.74, 6) is -1.19. The van der Waals surface area contributed by atoms with E-state index < -0.39 is 30.0 Å². The largest absolute Gasteiger partial charge is 0.458 e. The van der Waals surface area contributed by atoms with Crippen molar-refractivity contribution in [3.05, 3.63) is 46.0 Å². The van der Waals surface area contributed by atoms with Gasteiger partial charge in [-0.1, -0.05) is 13.8 Å². The normalized spacial score (nSPS) is 15.8. The second-order valence-corrected chi connectivity index (χ2v) is 6.79. The lowest BCUT2D eigenvalue weighted by molar-refractivity contribution is -0.149. The zero-order valence-corrected chi connectivity index (χ0v) is 16.0. The van der Waals surface area contributed by atoms with Gasteiger partial charge in [-0.15, -0.1) is 0 Å². The van der Waals surface area contributed by atoms with E-state index in [-0.39, 0.29) is 17.9 Å². The fraction of sp³-hybridized carbons (Fsp3) is 0.421. The molecule has 3 rings (SSSR count). The van der Waals surface area contributed by atoms with Crippen molar-refractivity contribution in [3.8, 4) is 0 Å². The highest BCUT2D eigenvalue weighted by Gasteiger charge is 2.49. The Morgan fingerprint density at radius 2 is 1.93 bits per heavy atom. The molecular weight excluding hydrogens is 364 g/mol. The molecule has 1 aliphatic rings. The maximum absolute atomic E-state index is 12.5. The van der Waals surface area contributed by atoms with Gasteiger partial charge in [0.2, 0.25) is 0 Å². The molecule has 0 saturated carbocycles. The van der Waals surface area contributed by atoms with Crippen molar-refractivity contribution in [2.75, 3.05) is 6.54 Å². The highest BCUT2D eigenvalue weighted by molar-refractivity contribution is 6.08. The third kappa shape index (κ3) is 3.47. The minimum atomic E-state index is -0.968. The van der Waals surface area contributed by atoms with E-state index in [2.05, 4.69) is 10.3 Å². The highest BCUT2D eigenvalue weighted by Crippen LogP contribution is 2.24. The van der Waals surface area contributed by atoms with E-state index in [4.69, 9.17) is 4.74 Å². The number of hydrogen-bond donors (Lipinski definition) is 1. The van der Waals surface area contributed by atoms with Crippen LogP contribution in [0.25, 0.3) is 5.65 Å². The molecule has 1 saturated heterocycles. The van der Waals surface area contributed by atoms with Crippen LogP contribution in [0.4, 0.5) is 4.79 Å². The molecule has 3 amide bonds. The predicted octanol–water partition coefficient (Wildman–Crippen LogP) is 1.16. The topological polar surface area (TPSA) is 110 Å². The number of carbonyl (C=O) groups is 3. The van der Waals surface area contributed by atoms with Gasteiger partial charge in [-0.2, -0.15) is 0 Å². The number of amides is 3. The lowest BCUT2D eigenvalue weighted by Crippen LogP contribution is -2.46. The van der Waals surface area contributed by atoms with E-state index in [0.717, 1.165) is 10.5 Å². The van der Waals surface area contributed by atoms with E-state index in [9.17, 15) is 19.2 Å². The van der Waals surface area contributed by atoms with E-state index in [1.165, 1.54) is 10.5 Å². The van der Waals surface area contributed by atoms with Crippen LogP contribution in [0, 0.1) is 6.92 Å². The van der Waals surface area contributed by atoms with E-state index in [1.807, 2.05) is 6.92 Å². The molecule has 28 heavy (non-hydrogen) atoms. The number of nitrogens with zero attached hydrogens (tertiary/aromatic N) is 3. The number of aryl methyl sites for hydroxylation is 1. The molecule has 9 nitrogen and oxygen atoms in total. The second kappa shape index (κ2) is 7.41. The van der Waals surface area contributed by atoms with Crippen molar-refractivity contribution < 1.29 is 19.1 Å². The number of imide groups is 1. The summed E-state index contributed by atoms with van der Waals surface area (Å²) in [6.45, 7) is 4.76. The van der Waals surface area contributed by atoms with Crippen LogP contribution in [-0.4, -0.2) is 44.3 Å². The Morgan fingerprint density at radius 3 is 2.57 bits per heavy atom. The minimum absolute atomic E-state index is 0.227. The first-order valence-corrected chi connectivity index (χ1v) is 9.08. The molecule has 0 aromatic carbocycles. The molecule has 0 spiro atoms. The number of ether oxygens (including phenoxy) is 1. The molecule has 0 unspecified atom stereocenters. The van der Waals surface area contributed by atoms with E-state index >= 15 is 0 Å². The molecule has 9 heteroatoms. The van der Waals surface area contributed by atoms with Crippen LogP contribution in [0.2, 0.25) is 0 Å². The molecular formula is C19H22N4O5. The number of urea groups is 1. The zero-order chi connectivity index (χ0) is 20.5. The SMILES string of the molecule is CCC1(CC)NC(=O)N(CC(=O)OCc2cc(=O)n3ccc(C)cc3n2)C1=O. The first kappa shape index (κ1) is 19.5. The van der Waals surface area contributed by atoms with Gasteiger partial charge < -0.3 is 10.1 Å². The monoisotopic (exact) mass is 386 g/mol. The minimum Gasteiger partial charge on any atom is -0.458 e. The summed E-state index contributed by atoms with van der Waals surface area (Å²) in [6.07, 6.45) is 2.50. The van der Waals surface area contributed by atoms with Crippen molar-refractivity contribution in [2.45, 2.75) is 45.8 Å². The summed E-state index contributed by atoms with van der Waals surface area (Å²) in [6, 6.07) is 4.21. The number of carbonyl (C=O) groups excluding carboxylic acids is 3. The molecule has 3 heterocycles. The van der Waals surface area contributed by atoms with Crippen molar-refractivity contribution in [2.24, 2.45) is 0 Å². The average molecular weight is 386 g/mol. The number of nitrogens with one attached hydrogen (secondary N) is 1. The third-order valence-corrected chi connectivity index (χ3v) is 5.00. The summed E-state index contributed by atoms with van der Waals surface area (Å²) < 4.78 is 6.52. The Hall–Kier alpha value is -3.23. The number of pyridine rings is 1. The Kier molecular flexibility index (Phi) is 5.17. The zero-order valence-electron chi connectivity index (χ0n) is 16.0. The molecule has 1 N–H and O–H groups in total. The standard InChI is InChI=1S/C19H22N4O5/c1-4-19(5-2)17(26)23(18(27)21-19)10-16(25)28-11-13-9-15(24)22-7-6-12(3)8-14(22)20-13/h6-9H,4-5,10-11H2,1-3H3,(H,21,27). The smallest absolute Gasteiger partial charge is 0.326 e. The summed E-state index contributed by atoms with van der Waals surface area (Å²) >= 11 is 0. The van der Waals surface area contributed by atoms with Crippen molar-refractivity contribution in [1.82, 2.24) is 19.6 Å². The average Bonchev–Trinajstić information content (AvgIpc) is 2.90. The van der Waals surface area contributed by atoms with Crippen LogP contribution in [0.1, 0.15) is 37.9 Å². The molecule has 0 aliphatic carbocycles. The molecule has 0 bridgehead atoms. The number of fused-ring (bicyclic) bond motifs is 1. The van der Waals surface area contributed by atoms with Gasteiger partial charge in [-0.25, -0.2) is 9.78 Å². The van der Waals surface area contributed by atoms with Crippen LogP contribution in [0.15, 0.2) is 29.2 Å². The van der Waals surface area contributed by atoms with Gasteiger partial charge in [-0.05, 0) is 37.5 Å². The van der Waals surface area contributed by atoms with E-state index in [0.29, 0.717) is 18.5 Å². The van der Waals surface area contributed by atoms with Crippen LogP contribution in [0.5, 0.6) is 0 Å². The molecule has 148 valence electrons. The number of esters is 1. The summed E-state index contributed by atoms with van der Waals surface area (Å²) in [5.41, 5.74) is 0.417. The second-order valence-electron chi connectivity index (χ2n) is 6.79. The number of hydrogen-bond acceptors (Lipinski definition) is 6. The van der Waals surface area contributed by atoms with Gasteiger partial charge >= 0.3 is 12.0 Å². The van der Waals surface area contributed by atoms with Crippen molar-refractivity contribution >= 4 is 23.6 Å². The first-order valence-electron chi connectivity index (χ1n) is 9.08. The van der Waals surface area contributed by atoms with Crippen LogP contribution >= 0.6 is 0 Å². The number of rotatable bonds is 6. The van der Waals surface area contributed by atoms with Gasteiger partial charge in [0.25, 0.3) is 11.5 Å². The van der Waals surface area contributed by atoms with E-state index in [1.54, 1.807) is 32.2 Å². The quantitative estimate of drug-likeness (QED) is 0.589. The van der Waals surface area contributed by atoms with Gasteiger partial charge in [0, 0.05) is 12.3 Å². The number of aromatic nitrogens is 2. The maximum Gasteiger partial charge on any atom is 0.326 e. The van der Waals surface area contributed by atoms with Crippen molar-refractivity contribution in [3.63, 3.8) is 0 Å². The summed E-state index contributed by atoms with van der Waals surface area (Å²) in [7, 11) is 0. The van der Waals surface area contributed by atoms with Crippen LogP contribution in [0.3, 0.4) is 0 Å². The fourth-order valence-electron chi connectivity index (χ4n) is 3.21. The molecule has 2 aromatic heterocycles. The summed E-state index contributed by atoms with van der Waals surface area (Å²) in [4.78, 5) is 54.0. The van der Waals surface area contributed by atoms with Crippen molar-refractivity contribution in [1.29, 1.82) is 0 Å². The van der Waals surface area contributed by atoms with Gasteiger partial charge in [0.05, 0.1) is 5.69 Å². The maximum atomic E-state index is 12.5. The van der Waals surface area contributed by atoms with Gasteiger partial charge in [-0.3, -0.25) is 23.7 Å². The predicted molar refractivity (Wildman–Crippen MR) is 99.6 cm³/mol. The molecule has 1 fully saturated rings. The van der Waals surface area contributed by atoms with Crippen LogP contribution < -0.4 is 10.9 Å². The Balaban J connectivity index is 1.68. The summed E-state index contributed by atoms with van der Waals surface area (Å²) in [5, 5.41) is 2.65. The Labute approximate surface area is 161 Å². The fourth-order valence-corrected chi connectivity index (χ4v) is 3.21. The molecule has 0 radical (unpaired) electrons. The highest BCUT2D eigenvalue weighted by atomic mass is 16.5. The molecule has 0 atom stereocenters. The third-order valence-electron chi connectivity index (χ3n) is 5.00. The Morgan fingerprint density at radius 1 is 1.21 bits per heavy atom. The van der Waals surface area contributed by atoms with Crippen LogP contribution in [-0.2, 0) is 20.9 Å². The molecule has 2 aromatic rings. The molecule has 1 aliphatic heterocycles. The lowest BCUT2D eigenvalue weighted by atomic mass is 9.93. The first-order chi connectivity index (χ1) is 13.3. The lowest BCUT2D eigenvalue weighted by Gasteiger charge is -2.22.